The minimum absolute atomic E-state index is 0.748. The van der Waals surface area contributed by atoms with Crippen LogP contribution in [0.2, 0.25) is 0 Å². The molecular weight excluding hydrogens is 260 g/mol. The van der Waals surface area contributed by atoms with Crippen LogP contribution in [-0.2, 0) is 6.54 Å². The van der Waals surface area contributed by atoms with Crippen molar-refractivity contribution in [3.63, 3.8) is 0 Å². The molecule has 2 rings (SSSR count). The van der Waals surface area contributed by atoms with Crippen LogP contribution in [0, 0.1) is 0 Å². The summed E-state index contributed by atoms with van der Waals surface area (Å²) in [5, 5.41) is 0.965. The van der Waals surface area contributed by atoms with Crippen LogP contribution in [0.4, 0.5) is 0 Å². The Morgan fingerprint density at radius 3 is 2.52 bits per heavy atom. The number of unbranched alkanes of at least 4 members (excludes halogenated alkanes) is 7. The molecule has 21 heavy (non-hydrogen) atoms. The number of carbonyl (C=O) groups excluding carboxylic acids is 1. The molecule has 114 valence electrons. The number of fused-ring (bicyclic) bond motifs is 1. The first-order valence-corrected chi connectivity index (χ1v) is 8.26. The average molecular weight is 286 g/mol. The summed E-state index contributed by atoms with van der Waals surface area (Å²) in [6.45, 7) is 3.21. The van der Waals surface area contributed by atoms with E-state index in [0.29, 0.717) is 0 Å². The first-order chi connectivity index (χ1) is 10.4. The van der Waals surface area contributed by atoms with Crippen molar-refractivity contribution in [2.24, 2.45) is 0 Å². The highest BCUT2D eigenvalue weighted by Crippen LogP contribution is 2.18. The van der Waals surface area contributed by atoms with E-state index in [9.17, 15) is 4.79 Å². The molecule has 2 aromatic heterocycles. The number of carbonyl (C=O) groups is 1. The number of nitrogens with zero attached hydrogens (tertiary/aromatic N) is 2. The maximum absolute atomic E-state index is 11.1. The maximum atomic E-state index is 11.1. The predicted molar refractivity (Wildman–Crippen MR) is 87.7 cm³/mol. The van der Waals surface area contributed by atoms with E-state index in [-0.39, 0.29) is 0 Å². The molecule has 0 radical (unpaired) electrons. The second kappa shape index (κ2) is 8.60. The van der Waals surface area contributed by atoms with Gasteiger partial charge in [0.25, 0.3) is 0 Å². The van der Waals surface area contributed by atoms with Crippen molar-refractivity contribution in [1.82, 2.24) is 9.55 Å². The lowest BCUT2D eigenvalue weighted by Crippen LogP contribution is -1.97. The summed E-state index contributed by atoms with van der Waals surface area (Å²) in [5.41, 5.74) is 1.68. The minimum Gasteiger partial charge on any atom is -0.332 e. The van der Waals surface area contributed by atoms with Gasteiger partial charge < -0.3 is 4.57 Å². The third kappa shape index (κ3) is 4.42. The van der Waals surface area contributed by atoms with Crippen molar-refractivity contribution >= 4 is 17.3 Å². The topological polar surface area (TPSA) is 34.9 Å². The molecule has 2 heterocycles. The van der Waals surface area contributed by atoms with Crippen LogP contribution in [0.1, 0.15) is 68.6 Å². The van der Waals surface area contributed by atoms with Crippen LogP contribution < -0.4 is 0 Å². The second-order valence-corrected chi connectivity index (χ2v) is 5.75. The number of rotatable bonds is 10. The molecule has 3 heteroatoms. The number of aryl methyl sites for hydroxylation is 1. The first-order valence-electron chi connectivity index (χ1n) is 8.26. The number of hydrogen-bond donors (Lipinski definition) is 0. The van der Waals surface area contributed by atoms with Crippen LogP contribution in [0.5, 0.6) is 0 Å². The van der Waals surface area contributed by atoms with Crippen LogP contribution in [0.3, 0.4) is 0 Å². The molecule has 2 aromatic rings. The van der Waals surface area contributed by atoms with Gasteiger partial charge in [0.1, 0.15) is 5.65 Å². The Morgan fingerprint density at radius 1 is 1.10 bits per heavy atom. The van der Waals surface area contributed by atoms with E-state index in [4.69, 9.17) is 0 Å². The van der Waals surface area contributed by atoms with Crippen molar-refractivity contribution in [2.45, 2.75) is 64.8 Å². The molecule has 0 fully saturated rings. The lowest BCUT2D eigenvalue weighted by Gasteiger charge is -2.04. The molecule has 0 spiro atoms. The van der Waals surface area contributed by atoms with Crippen LogP contribution >= 0.6 is 0 Å². The molecule has 0 aliphatic rings. The Bertz CT molecular complexity index is 559. The molecule has 0 saturated heterocycles. The maximum Gasteiger partial charge on any atom is 0.152 e. The molecular formula is C18H26N2O. The smallest absolute Gasteiger partial charge is 0.152 e. The van der Waals surface area contributed by atoms with Gasteiger partial charge in [-0.1, -0.05) is 51.9 Å². The van der Waals surface area contributed by atoms with E-state index in [0.717, 1.165) is 35.8 Å². The largest absolute Gasteiger partial charge is 0.332 e. The Hall–Kier alpha value is -1.64. The Balaban J connectivity index is 1.77. The van der Waals surface area contributed by atoms with Crippen molar-refractivity contribution < 1.29 is 4.79 Å². The average Bonchev–Trinajstić information content (AvgIpc) is 2.88. The number of aldehydes is 1. The molecule has 0 bridgehead atoms. The van der Waals surface area contributed by atoms with Crippen LogP contribution in [-0.4, -0.2) is 15.8 Å². The zero-order valence-corrected chi connectivity index (χ0v) is 13.1. The fourth-order valence-electron chi connectivity index (χ4n) is 2.83. The van der Waals surface area contributed by atoms with E-state index >= 15 is 0 Å². The van der Waals surface area contributed by atoms with E-state index in [1.54, 1.807) is 6.20 Å². The van der Waals surface area contributed by atoms with Gasteiger partial charge >= 0.3 is 0 Å². The third-order valence-corrected chi connectivity index (χ3v) is 4.04. The van der Waals surface area contributed by atoms with E-state index in [1.807, 2.05) is 18.3 Å². The zero-order valence-electron chi connectivity index (χ0n) is 13.1. The van der Waals surface area contributed by atoms with Gasteiger partial charge in [0.05, 0.1) is 0 Å². The Morgan fingerprint density at radius 2 is 1.81 bits per heavy atom. The van der Waals surface area contributed by atoms with Crippen molar-refractivity contribution in [3.8, 4) is 0 Å². The normalized spacial score (nSPS) is 11.1. The summed E-state index contributed by atoms with van der Waals surface area (Å²) in [5.74, 6) is 0. The fourth-order valence-corrected chi connectivity index (χ4v) is 2.83. The molecule has 0 saturated carbocycles. The lowest BCUT2D eigenvalue weighted by molar-refractivity contribution is 0.112. The zero-order chi connectivity index (χ0) is 14.9. The molecule has 0 atom stereocenters. The van der Waals surface area contributed by atoms with E-state index in [2.05, 4.69) is 16.5 Å². The summed E-state index contributed by atoms with van der Waals surface area (Å²) in [6.07, 6.45) is 15.2. The SMILES string of the molecule is CCCCCCCCCCn1cc(C=O)c2cccnc21. The highest BCUT2D eigenvalue weighted by Gasteiger charge is 2.07. The predicted octanol–water partition coefficient (Wildman–Crippen LogP) is 4.99. The van der Waals surface area contributed by atoms with Gasteiger partial charge in [-0.05, 0) is 18.6 Å². The fraction of sp³-hybridized carbons (Fsp3) is 0.556. The number of pyridine rings is 1. The third-order valence-electron chi connectivity index (χ3n) is 4.04. The molecule has 0 amide bonds. The van der Waals surface area contributed by atoms with Gasteiger partial charge in [0, 0.05) is 29.9 Å². The summed E-state index contributed by atoms with van der Waals surface area (Å²) in [4.78, 5) is 15.5. The molecule has 0 N–H and O–H groups in total. The van der Waals surface area contributed by atoms with Crippen LogP contribution in [0.15, 0.2) is 24.5 Å². The van der Waals surface area contributed by atoms with Crippen molar-refractivity contribution in [2.75, 3.05) is 0 Å². The highest BCUT2D eigenvalue weighted by atomic mass is 16.1. The van der Waals surface area contributed by atoms with Gasteiger partial charge in [-0.25, -0.2) is 4.98 Å². The van der Waals surface area contributed by atoms with Gasteiger partial charge in [-0.15, -0.1) is 0 Å². The molecule has 0 aliphatic heterocycles. The molecule has 3 nitrogen and oxygen atoms in total. The Labute approximate surface area is 127 Å². The van der Waals surface area contributed by atoms with Crippen molar-refractivity contribution in [3.05, 3.63) is 30.1 Å². The lowest BCUT2D eigenvalue weighted by atomic mass is 10.1. The number of aromatic nitrogens is 2. The molecule has 0 unspecified atom stereocenters. The quantitative estimate of drug-likeness (QED) is 0.455. The van der Waals surface area contributed by atoms with E-state index in [1.165, 1.54) is 44.9 Å². The minimum atomic E-state index is 0.748. The number of hydrogen-bond acceptors (Lipinski definition) is 2. The van der Waals surface area contributed by atoms with Gasteiger partial charge in [-0.3, -0.25) is 4.79 Å². The summed E-state index contributed by atoms with van der Waals surface area (Å²) in [7, 11) is 0. The van der Waals surface area contributed by atoms with Crippen molar-refractivity contribution in [1.29, 1.82) is 0 Å². The summed E-state index contributed by atoms with van der Waals surface area (Å²) in [6, 6.07) is 3.85. The first kappa shape index (κ1) is 15.7. The highest BCUT2D eigenvalue weighted by molar-refractivity contribution is 5.95. The van der Waals surface area contributed by atoms with Gasteiger partial charge in [0.2, 0.25) is 0 Å². The monoisotopic (exact) mass is 286 g/mol. The molecule has 0 aromatic carbocycles. The van der Waals surface area contributed by atoms with E-state index < -0.39 is 0 Å². The Kier molecular flexibility index (Phi) is 6.45. The van der Waals surface area contributed by atoms with Crippen LogP contribution in [0.25, 0.3) is 11.0 Å². The van der Waals surface area contributed by atoms with Gasteiger partial charge in [-0.2, -0.15) is 0 Å². The molecule has 0 aliphatic carbocycles. The second-order valence-electron chi connectivity index (χ2n) is 5.75. The summed E-state index contributed by atoms with van der Waals surface area (Å²) < 4.78 is 2.12. The summed E-state index contributed by atoms with van der Waals surface area (Å²) >= 11 is 0. The van der Waals surface area contributed by atoms with Gasteiger partial charge in [0.15, 0.2) is 6.29 Å². The standard InChI is InChI=1S/C18H26N2O/c1-2-3-4-5-6-7-8-9-13-20-14-16(15-21)17-11-10-12-19-18(17)20/h10-12,14-15H,2-9,13H2,1H3.